The molecule has 0 aliphatic carbocycles. The zero-order valence-corrected chi connectivity index (χ0v) is 18.4. The summed E-state index contributed by atoms with van der Waals surface area (Å²) >= 11 is 1.33. The number of nitrogens with one attached hydrogen (secondary N) is 2. The summed E-state index contributed by atoms with van der Waals surface area (Å²) in [5, 5.41) is 8.07. The summed E-state index contributed by atoms with van der Waals surface area (Å²) in [5.41, 5.74) is 3.13. The van der Waals surface area contributed by atoms with Crippen molar-refractivity contribution < 1.29 is 9.59 Å². The first-order valence-corrected chi connectivity index (χ1v) is 10.4. The van der Waals surface area contributed by atoms with Crippen LogP contribution in [-0.2, 0) is 16.0 Å². The fourth-order valence-electron chi connectivity index (χ4n) is 2.66. The molecule has 0 saturated carbocycles. The van der Waals surface area contributed by atoms with Crippen LogP contribution in [-0.4, -0.2) is 29.9 Å². The predicted octanol–water partition coefficient (Wildman–Crippen LogP) is 4.46. The van der Waals surface area contributed by atoms with Gasteiger partial charge >= 0.3 is 0 Å². The monoisotopic (exact) mass is 402 g/mol. The molecule has 0 spiro atoms. The highest BCUT2D eigenvalue weighted by Gasteiger charge is 2.22. The molecule has 0 saturated heterocycles. The van der Waals surface area contributed by atoms with E-state index in [9.17, 15) is 9.59 Å². The Bertz CT molecular complexity index is 835. The van der Waals surface area contributed by atoms with Crippen molar-refractivity contribution in [3.63, 3.8) is 0 Å². The van der Waals surface area contributed by atoms with Crippen molar-refractivity contribution in [3.05, 3.63) is 34.8 Å². The van der Waals surface area contributed by atoms with Crippen LogP contribution < -0.4 is 15.5 Å². The van der Waals surface area contributed by atoms with Crippen LogP contribution in [0.1, 0.15) is 45.9 Å². The maximum atomic E-state index is 12.4. The highest BCUT2D eigenvalue weighted by atomic mass is 32.1. The fourth-order valence-corrected chi connectivity index (χ4v) is 3.37. The minimum absolute atomic E-state index is 0.0956. The van der Waals surface area contributed by atoms with Gasteiger partial charge in [0.15, 0.2) is 5.13 Å². The third kappa shape index (κ3) is 5.79. The maximum absolute atomic E-state index is 12.4. The van der Waals surface area contributed by atoms with E-state index in [2.05, 4.69) is 40.4 Å². The molecule has 2 aromatic rings. The van der Waals surface area contributed by atoms with Crippen LogP contribution in [0.4, 0.5) is 16.5 Å². The molecule has 0 unspecified atom stereocenters. The van der Waals surface area contributed by atoms with Gasteiger partial charge < -0.3 is 15.5 Å². The number of anilines is 3. The van der Waals surface area contributed by atoms with E-state index in [0.29, 0.717) is 10.8 Å². The molecule has 2 rings (SSSR count). The average molecular weight is 403 g/mol. The third-order valence-electron chi connectivity index (χ3n) is 4.41. The summed E-state index contributed by atoms with van der Waals surface area (Å²) < 4.78 is 0. The normalized spacial score (nSPS) is 11.2. The van der Waals surface area contributed by atoms with Gasteiger partial charge in [-0.1, -0.05) is 20.8 Å². The van der Waals surface area contributed by atoms with Gasteiger partial charge in [0, 0.05) is 35.3 Å². The summed E-state index contributed by atoms with van der Waals surface area (Å²) in [6.07, 6.45) is 0.166. The zero-order chi connectivity index (χ0) is 20.9. The van der Waals surface area contributed by atoms with Crippen molar-refractivity contribution in [2.24, 2.45) is 5.41 Å². The van der Waals surface area contributed by atoms with E-state index < -0.39 is 5.41 Å². The molecule has 2 amide bonds. The Morgan fingerprint density at radius 1 is 1.14 bits per heavy atom. The molecule has 1 aromatic carbocycles. The number of benzene rings is 1. The van der Waals surface area contributed by atoms with Crippen LogP contribution in [0.25, 0.3) is 0 Å². The van der Waals surface area contributed by atoms with Crippen LogP contribution in [0.2, 0.25) is 0 Å². The first-order chi connectivity index (χ1) is 13.1. The molecule has 1 aromatic heterocycles. The first-order valence-electron chi connectivity index (χ1n) is 9.55. The van der Waals surface area contributed by atoms with E-state index in [1.165, 1.54) is 11.3 Å². The van der Waals surface area contributed by atoms with Crippen molar-refractivity contribution in [1.29, 1.82) is 0 Å². The molecular formula is C21H30N4O2S. The quantitative estimate of drug-likeness (QED) is 0.717. The molecule has 0 aliphatic heterocycles. The summed E-state index contributed by atoms with van der Waals surface area (Å²) in [6.45, 7) is 13.7. The Hall–Kier alpha value is -2.41. The first kappa shape index (κ1) is 21.9. The molecule has 0 bridgehead atoms. The van der Waals surface area contributed by atoms with E-state index in [1.54, 1.807) is 5.38 Å². The van der Waals surface area contributed by atoms with E-state index in [4.69, 9.17) is 0 Å². The van der Waals surface area contributed by atoms with E-state index >= 15 is 0 Å². The lowest BCUT2D eigenvalue weighted by Crippen LogP contribution is -2.27. The van der Waals surface area contributed by atoms with Gasteiger partial charge in [-0.25, -0.2) is 4.98 Å². The summed E-state index contributed by atoms with van der Waals surface area (Å²) in [7, 11) is 0. The molecule has 0 atom stereocenters. The second-order valence-corrected chi connectivity index (χ2v) is 8.60. The second-order valence-electron chi connectivity index (χ2n) is 7.74. The number of rotatable bonds is 7. The number of aryl methyl sites for hydroxylation is 1. The van der Waals surface area contributed by atoms with Gasteiger partial charge in [0.2, 0.25) is 11.8 Å². The van der Waals surface area contributed by atoms with Gasteiger partial charge in [0.05, 0.1) is 12.1 Å². The number of carbonyl (C=O) groups is 2. The van der Waals surface area contributed by atoms with Gasteiger partial charge in [-0.2, -0.15) is 0 Å². The smallest absolute Gasteiger partial charge is 0.231 e. The Morgan fingerprint density at radius 2 is 1.82 bits per heavy atom. The summed E-state index contributed by atoms with van der Waals surface area (Å²) in [5.74, 6) is -0.223. The van der Waals surface area contributed by atoms with E-state index in [-0.39, 0.29) is 18.2 Å². The predicted molar refractivity (Wildman–Crippen MR) is 117 cm³/mol. The molecule has 0 fully saturated rings. The molecule has 152 valence electrons. The molecule has 0 radical (unpaired) electrons. The van der Waals surface area contributed by atoms with Gasteiger partial charge in [-0.3, -0.25) is 9.59 Å². The maximum Gasteiger partial charge on any atom is 0.231 e. The van der Waals surface area contributed by atoms with Crippen LogP contribution in [0.5, 0.6) is 0 Å². The lowest BCUT2D eigenvalue weighted by molar-refractivity contribution is -0.123. The standard InChI is InChI=1S/C21H30N4O2S/c1-7-25(8-2)16-9-10-17(14(3)11-16)23-18(26)12-15-13-28-20(22-15)24-19(27)21(4,5)6/h9-11,13H,7-8,12H2,1-6H3,(H,23,26)(H,22,24,27). The number of hydrogen-bond acceptors (Lipinski definition) is 5. The van der Waals surface area contributed by atoms with Gasteiger partial charge in [0.25, 0.3) is 0 Å². The number of carbonyl (C=O) groups excluding carboxylic acids is 2. The van der Waals surface area contributed by atoms with E-state index in [0.717, 1.165) is 30.0 Å². The van der Waals surface area contributed by atoms with Crippen molar-refractivity contribution >= 4 is 39.7 Å². The molecule has 28 heavy (non-hydrogen) atoms. The summed E-state index contributed by atoms with van der Waals surface area (Å²) in [6, 6.07) is 6.06. The Labute approximate surface area is 171 Å². The van der Waals surface area contributed by atoms with Crippen molar-refractivity contribution in [1.82, 2.24) is 4.98 Å². The van der Waals surface area contributed by atoms with Crippen molar-refractivity contribution in [2.75, 3.05) is 28.6 Å². The highest BCUT2D eigenvalue weighted by molar-refractivity contribution is 7.13. The number of nitrogens with zero attached hydrogens (tertiary/aromatic N) is 2. The molecular weight excluding hydrogens is 372 g/mol. The minimum atomic E-state index is -0.488. The Balaban J connectivity index is 1.98. The SMILES string of the molecule is CCN(CC)c1ccc(NC(=O)Cc2csc(NC(=O)C(C)(C)C)n2)c(C)c1. The fraction of sp³-hybridized carbons (Fsp3) is 0.476. The topological polar surface area (TPSA) is 74.3 Å². The van der Waals surface area contributed by atoms with Crippen molar-refractivity contribution in [3.8, 4) is 0 Å². The Morgan fingerprint density at radius 3 is 2.39 bits per heavy atom. The number of hydrogen-bond donors (Lipinski definition) is 2. The summed E-state index contributed by atoms with van der Waals surface area (Å²) in [4.78, 5) is 31.1. The molecule has 7 heteroatoms. The minimum Gasteiger partial charge on any atom is -0.372 e. The molecule has 6 nitrogen and oxygen atoms in total. The number of aromatic nitrogens is 1. The Kier molecular flexibility index (Phi) is 7.18. The van der Waals surface area contributed by atoms with E-state index in [1.807, 2.05) is 39.8 Å². The van der Waals surface area contributed by atoms with Crippen LogP contribution >= 0.6 is 11.3 Å². The van der Waals surface area contributed by atoms with Crippen LogP contribution in [0.3, 0.4) is 0 Å². The molecule has 0 aliphatic rings. The van der Waals surface area contributed by atoms with Gasteiger partial charge in [-0.05, 0) is 44.5 Å². The molecule has 1 heterocycles. The highest BCUT2D eigenvalue weighted by Crippen LogP contribution is 2.24. The largest absolute Gasteiger partial charge is 0.372 e. The lowest BCUT2D eigenvalue weighted by atomic mass is 9.96. The van der Waals surface area contributed by atoms with Crippen LogP contribution in [0.15, 0.2) is 23.6 Å². The number of amides is 2. The van der Waals surface area contributed by atoms with Crippen molar-refractivity contribution in [2.45, 2.75) is 48.0 Å². The molecule has 2 N–H and O–H groups in total. The third-order valence-corrected chi connectivity index (χ3v) is 5.21. The number of thiazole rings is 1. The van der Waals surface area contributed by atoms with Gasteiger partial charge in [0.1, 0.15) is 0 Å². The lowest BCUT2D eigenvalue weighted by Gasteiger charge is -2.22. The average Bonchev–Trinajstić information content (AvgIpc) is 3.04. The second kappa shape index (κ2) is 9.19. The van der Waals surface area contributed by atoms with Gasteiger partial charge in [-0.15, -0.1) is 11.3 Å². The zero-order valence-electron chi connectivity index (χ0n) is 17.5. The van der Waals surface area contributed by atoms with Crippen LogP contribution in [0, 0.1) is 12.3 Å².